The predicted octanol–water partition coefficient (Wildman–Crippen LogP) is 2.09. The van der Waals surface area contributed by atoms with Crippen LogP contribution >= 0.6 is 0 Å². The topological polar surface area (TPSA) is 26.3 Å². The fourth-order valence-corrected chi connectivity index (χ4v) is 1.17. The van der Waals surface area contributed by atoms with Gasteiger partial charge in [0.2, 0.25) is 0 Å². The summed E-state index contributed by atoms with van der Waals surface area (Å²) < 4.78 is 4.98. The van der Waals surface area contributed by atoms with Crippen molar-refractivity contribution in [2.75, 3.05) is 13.7 Å². The zero-order valence-electron chi connectivity index (χ0n) is 8.27. The molecule has 0 amide bonds. The molecular formula is C12H14O2. The summed E-state index contributed by atoms with van der Waals surface area (Å²) in [5, 5.41) is 0. The Bertz CT molecular complexity index is 299. The third kappa shape index (κ3) is 3.54. The SMILES string of the molecule is COCCc1ccc(/C=C/C=O)cc1. The van der Waals surface area contributed by atoms with Crippen LogP contribution in [0.25, 0.3) is 6.08 Å². The molecule has 0 aliphatic carbocycles. The quantitative estimate of drug-likeness (QED) is 0.525. The van der Waals surface area contributed by atoms with Crippen molar-refractivity contribution in [3.8, 4) is 0 Å². The highest BCUT2D eigenvalue weighted by molar-refractivity contribution is 5.73. The Morgan fingerprint density at radius 1 is 1.29 bits per heavy atom. The molecule has 74 valence electrons. The number of rotatable bonds is 5. The second-order valence-corrected chi connectivity index (χ2v) is 2.98. The van der Waals surface area contributed by atoms with E-state index in [4.69, 9.17) is 4.74 Å². The minimum Gasteiger partial charge on any atom is -0.384 e. The maximum atomic E-state index is 10.1. The summed E-state index contributed by atoms with van der Waals surface area (Å²) >= 11 is 0. The van der Waals surface area contributed by atoms with Gasteiger partial charge in [0.25, 0.3) is 0 Å². The van der Waals surface area contributed by atoms with Crippen LogP contribution in [-0.2, 0) is 16.0 Å². The first-order chi connectivity index (χ1) is 6.86. The number of carbonyl (C=O) groups excluding carboxylic acids is 1. The molecule has 0 saturated carbocycles. The minimum absolute atomic E-state index is 0.740. The van der Waals surface area contributed by atoms with Gasteiger partial charge in [-0.15, -0.1) is 0 Å². The van der Waals surface area contributed by atoms with E-state index in [2.05, 4.69) is 0 Å². The van der Waals surface area contributed by atoms with Crippen LogP contribution in [0.2, 0.25) is 0 Å². The summed E-state index contributed by atoms with van der Waals surface area (Å²) in [4.78, 5) is 10.1. The van der Waals surface area contributed by atoms with Gasteiger partial charge in [0.1, 0.15) is 6.29 Å². The highest BCUT2D eigenvalue weighted by Crippen LogP contribution is 2.06. The molecule has 0 aliphatic heterocycles. The van der Waals surface area contributed by atoms with Gasteiger partial charge in [-0.1, -0.05) is 30.3 Å². The number of hydrogen-bond donors (Lipinski definition) is 0. The molecule has 1 aromatic rings. The average molecular weight is 190 g/mol. The summed E-state index contributed by atoms with van der Waals surface area (Å²) in [6, 6.07) is 8.07. The number of carbonyl (C=O) groups is 1. The Morgan fingerprint density at radius 3 is 2.57 bits per heavy atom. The predicted molar refractivity (Wildman–Crippen MR) is 57.1 cm³/mol. The number of benzene rings is 1. The number of methoxy groups -OCH3 is 1. The van der Waals surface area contributed by atoms with E-state index in [1.165, 1.54) is 11.6 Å². The summed E-state index contributed by atoms with van der Waals surface area (Å²) in [7, 11) is 1.70. The Balaban J connectivity index is 2.59. The maximum absolute atomic E-state index is 10.1. The second-order valence-electron chi connectivity index (χ2n) is 2.98. The molecule has 0 atom stereocenters. The van der Waals surface area contributed by atoms with Crippen molar-refractivity contribution < 1.29 is 9.53 Å². The van der Waals surface area contributed by atoms with E-state index in [9.17, 15) is 4.79 Å². The smallest absolute Gasteiger partial charge is 0.142 e. The summed E-state index contributed by atoms with van der Waals surface area (Å²) in [6.07, 6.45) is 4.98. The van der Waals surface area contributed by atoms with Crippen molar-refractivity contribution in [3.05, 3.63) is 41.5 Å². The third-order valence-electron chi connectivity index (χ3n) is 1.94. The van der Waals surface area contributed by atoms with Gasteiger partial charge in [-0.05, 0) is 23.6 Å². The first-order valence-electron chi connectivity index (χ1n) is 4.56. The standard InChI is InChI=1S/C12H14O2/c1-14-10-8-12-6-4-11(5-7-12)3-2-9-13/h2-7,9H,8,10H2,1H3/b3-2+. The summed E-state index contributed by atoms with van der Waals surface area (Å²) in [5.74, 6) is 0. The lowest BCUT2D eigenvalue weighted by atomic mass is 10.1. The van der Waals surface area contributed by atoms with E-state index in [1.807, 2.05) is 24.3 Å². The van der Waals surface area contributed by atoms with Gasteiger partial charge in [0.05, 0.1) is 6.61 Å². The van der Waals surface area contributed by atoms with Crippen molar-refractivity contribution in [1.82, 2.24) is 0 Å². The van der Waals surface area contributed by atoms with Crippen LogP contribution in [0.3, 0.4) is 0 Å². The summed E-state index contributed by atoms with van der Waals surface area (Å²) in [6.45, 7) is 0.740. The van der Waals surface area contributed by atoms with Gasteiger partial charge < -0.3 is 4.74 Å². The Hall–Kier alpha value is -1.41. The lowest BCUT2D eigenvalue weighted by Crippen LogP contribution is -1.93. The normalized spacial score (nSPS) is 10.6. The molecule has 0 N–H and O–H groups in total. The molecule has 0 aliphatic rings. The molecule has 2 nitrogen and oxygen atoms in total. The third-order valence-corrected chi connectivity index (χ3v) is 1.94. The van der Waals surface area contributed by atoms with Gasteiger partial charge >= 0.3 is 0 Å². The van der Waals surface area contributed by atoms with Crippen molar-refractivity contribution in [1.29, 1.82) is 0 Å². The molecule has 0 spiro atoms. The van der Waals surface area contributed by atoms with E-state index >= 15 is 0 Å². The molecule has 0 fully saturated rings. The zero-order valence-corrected chi connectivity index (χ0v) is 8.27. The van der Waals surface area contributed by atoms with E-state index < -0.39 is 0 Å². The lowest BCUT2D eigenvalue weighted by molar-refractivity contribution is -0.104. The number of aldehydes is 1. The van der Waals surface area contributed by atoms with Crippen LogP contribution < -0.4 is 0 Å². The Labute approximate surface area is 84.2 Å². The number of ether oxygens (including phenoxy) is 1. The van der Waals surface area contributed by atoms with Gasteiger partial charge in [0, 0.05) is 7.11 Å². The molecule has 0 radical (unpaired) electrons. The highest BCUT2D eigenvalue weighted by atomic mass is 16.5. The molecule has 0 heterocycles. The molecule has 0 bridgehead atoms. The second kappa shape index (κ2) is 6.11. The lowest BCUT2D eigenvalue weighted by Gasteiger charge is -2.00. The molecule has 1 aromatic carbocycles. The van der Waals surface area contributed by atoms with Crippen LogP contribution in [0.1, 0.15) is 11.1 Å². The van der Waals surface area contributed by atoms with Crippen LogP contribution in [-0.4, -0.2) is 20.0 Å². The van der Waals surface area contributed by atoms with Crippen molar-refractivity contribution in [2.24, 2.45) is 0 Å². The maximum Gasteiger partial charge on any atom is 0.142 e. The van der Waals surface area contributed by atoms with Crippen LogP contribution in [0.4, 0.5) is 0 Å². The van der Waals surface area contributed by atoms with Crippen LogP contribution in [0, 0.1) is 0 Å². The van der Waals surface area contributed by atoms with Gasteiger partial charge in [-0.25, -0.2) is 0 Å². The van der Waals surface area contributed by atoms with E-state index in [-0.39, 0.29) is 0 Å². The van der Waals surface area contributed by atoms with Gasteiger partial charge in [0.15, 0.2) is 0 Å². The highest BCUT2D eigenvalue weighted by Gasteiger charge is 1.91. The zero-order chi connectivity index (χ0) is 10.2. The molecular weight excluding hydrogens is 176 g/mol. The Morgan fingerprint density at radius 2 is 2.00 bits per heavy atom. The summed E-state index contributed by atoms with van der Waals surface area (Å²) in [5.41, 5.74) is 2.29. The van der Waals surface area contributed by atoms with Crippen molar-refractivity contribution in [2.45, 2.75) is 6.42 Å². The van der Waals surface area contributed by atoms with E-state index in [0.29, 0.717) is 0 Å². The van der Waals surface area contributed by atoms with Crippen molar-refractivity contribution >= 4 is 12.4 Å². The van der Waals surface area contributed by atoms with Crippen molar-refractivity contribution in [3.63, 3.8) is 0 Å². The van der Waals surface area contributed by atoms with E-state index in [0.717, 1.165) is 24.9 Å². The van der Waals surface area contributed by atoms with Gasteiger partial charge in [-0.3, -0.25) is 4.79 Å². The average Bonchev–Trinajstić information content (AvgIpc) is 2.25. The fourth-order valence-electron chi connectivity index (χ4n) is 1.17. The van der Waals surface area contributed by atoms with Crippen LogP contribution in [0.5, 0.6) is 0 Å². The molecule has 14 heavy (non-hydrogen) atoms. The van der Waals surface area contributed by atoms with Crippen LogP contribution in [0.15, 0.2) is 30.3 Å². The van der Waals surface area contributed by atoms with E-state index in [1.54, 1.807) is 13.2 Å². The molecule has 0 saturated heterocycles. The molecule has 1 rings (SSSR count). The minimum atomic E-state index is 0.740. The first-order valence-corrected chi connectivity index (χ1v) is 4.56. The Kier molecular flexibility index (Phi) is 4.65. The number of allylic oxidation sites excluding steroid dienone is 1. The molecule has 0 aromatic heterocycles. The molecule has 0 unspecified atom stereocenters. The van der Waals surface area contributed by atoms with Gasteiger partial charge in [-0.2, -0.15) is 0 Å². The largest absolute Gasteiger partial charge is 0.384 e. The monoisotopic (exact) mass is 190 g/mol. The molecule has 2 heteroatoms. The number of hydrogen-bond acceptors (Lipinski definition) is 2. The fraction of sp³-hybridized carbons (Fsp3) is 0.250. The first kappa shape index (κ1) is 10.7.